The van der Waals surface area contributed by atoms with Crippen LogP contribution < -0.4 is 5.73 Å². The van der Waals surface area contributed by atoms with Crippen LogP contribution in [0.5, 0.6) is 0 Å². The summed E-state index contributed by atoms with van der Waals surface area (Å²) in [6.07, 6.45) is 3.48. The van der Waals surface area contributed by atoms with E-state index >= 15 is 0 Å². The number of anilines is 1. The SMILES string of the molecule is Nc1ccc(-c2ncn(Cc3ccccn3)n2)cc1. The van der Waals surface area contributed by atoms with Crippen LogP contribution in [0.4, 0.5) is 5.69 Å². The highest BCUT2D eigenvalue weighted by Crippen LogP contribution is 2.16. The zero-order valence-electron chi connectivity index (χ0n) is 10.3. The van der Waals surface area contributed by atoms with Crippen LogP contribution in [0.1, 0.15) is 5.69 Å². The molecule has 0 atom stereocenters. The van der Waals surface area contributed by atoms with Gasteiger partial charge < -0.3 is 5.73 Å². The number of hydrogen-bond donors (Lipinski definition) is 1. The van der Waals surface area contributed by atoms with Gasteiger partial charge in [-0.1, -0.05) is 6.07 Å². The van der Waals surface area contributed by atoms with E-state index in [1.54, 1.807) is 17.2 Å². The molecule has 3 aromatic rings. The minimum atomic E-state index is 0.614. The summed E-state index contributed by atoms with van der Waals surface area (Å²) < 4.78 is 1.77. The van der Waals surface area contributed by atoms with Crippen molar-refractivity contribution in [1.29, 1.82) is 0 Å². The number of nitrogens with zero attached hydrogens (tertiary/aromatic N) is 4. The average Bonchev–Trinajstić information content (AvgIpc) is 2.89. The van der Waals surface area contributed by atoms with Crippen LogP contribution in [0.3, 0.4) is 0 Å². The molecular weight excluding hydrogens is 238 g/mol. The van der Waals surface area contributed by atoms with Gasteiger partial charge in [-0.05, 0) is 36.4 Å². The van der Waals surface area contributed by atoms with E-state index < -0.39 is 0 Å². The first-order valence-electron chi connectivity index (χ1n) is 5.96. The predicted molar refractivity (Wildman–Crippen MR) is 73.2 cm³/mol. The molecule has 0 saturated carbocycles. The second-order valence-corrected chi connectivity index (χ2v) is 4.21. The van der Waals surface area contributed by atoms with Gasteiger partial charge in [0.25, 0.3) is 0 Å². The fourth-order valence-electron chi connectivity index (χ4n) is 1.79. The molecule has 5 heteroatoms. The predicted octanol–water partition coefficient (Wildman–Crippen LogP) is 1.97. The molecule has 0 bridgehead atoms. The first-order chi connectivity index (χ1) is 9.31. The lowest BCUT2D eigenvalue weighted by Crippen LogP contribution is -2.01. The third-order valence-electron chi connectivity index (χ3n) is 2.76. The monoisotopic (exact) mass is 251 g/mol. The molecule has 94 valence electrons. The standard InChI is InChI=1S/C14H13N5/c15-12-6-4-11(5-7-12)14-17-10-19(18-14)9-13-3-1-2-8-16-13/h1-8,10H,9,15H2. The van der Waals surface area contributed by atoms with Gasteiger partial charge in [-0.25, -0.2) is 9.67 Å². The zero-order chi connectivity index (χ0) is 13.1. The largest absolute Gasteiger partial charge is 0.399 e. The smallest absolute Gasteiger partial charge is 0.181 e. The summed E-state index contributed by atoms with van der Waals surface area (Å²) >= 11 is 0. The molecule has 2 heterocycles. The Morgan fingerprint density at radius 2 is 1.84 bits per heavy atom. The van der Waals surface area contributed by atoms with Crippen molar-refractivity contribution >= 4 is 5.69 Å². The molecule has 2 N–H and O–H groups in total. The molecule has 0 spiro atoms. The molecule has 0 amide bonds. The van der Waals surface area contributed by atoms with E-state index in [4.69, 9.17) is 5.73 Å². The Kier molecular flexibility index (Phi) is 2.94. The highest BCUT2D eigenvalue weighted by Gasteiger charge is 2.04. The van der Waals surface area contributed by atoms with E-state index in [-0.39, 0.29) is 0 Å². The maximum atomic E-state index is 5.66. The number of rotatable bonds is 3. The van der Waals surface area contributed by atoms with Gasteiger partial charge >= 0.3 is 0 Å². The third-order valence-corrected chi connectivity index (χ3v) is 2.76. The highest BCUT2D eigenvalue weighted by molar-refractivity contribution is 5.57. The van der Waals surface area contributed by atoms with Gasteiger partial charge in [0.1, 0.15) is 6.33 Å². The number of aromatic nitrogens is 4. The van der Waals surface area contributed by atoms with Gasteiger partial charge in [-0.2, -0.15) is 5.10 Å². The van der Waals surface area contributed by atoms with Crippen molar-refractivity contribution in [3.05, 3.63) is 60.7 Å². The molecular formula is C14H13N5. The molecule has 3 rings (SSSR count). The summed E-state index contributed by atoms with van der Waals surface area (Å²) in [5, 5.41) is 4.43. The van der Waals surface area contributed by atoms with Crippen molar-refractivity contribution < 1.29 is 0 Å². The van der Waals surface area contributed by atoms with Crippen LogP contribution in [-0.4, -0.2) is 19.7 Å². The Balaban J connectivity index is 1.82. The minimum absolute atomic E-state index is 0.614. The van der Waals surface area contributed by atoms with Crippen molar-refractivity contribution in [3.63, 3.8) is 0 Å². The summed E-state index contributed by atoms with van der Waals surface area (Å²) in [4.78, 5) is 8.56. The summed E-state index contributed by atoms with van der Waals surface area (Å²) in [5.74, 6) is 0.691. The Bertz CT molecular complexity index is 658. The van der Waals surface area contributed by atoms with Gasteiger partial charge in [0, 0.05) is 17.4 Å². The van der Waals surface area contributed by atoms with Crippen LogP contribution in [0.15, 0.2) is 55.0 Å². The van der Waals surface area contributed by atoms with Crippen LogP contribution >= 0.6 is 0 Å². The molecule has 0 radical (unpaired) electrons. The van der Waals surface area contributed by atoms with Crippen LogP contribution in [0.2, 0.25) is 0 Å². The van der Waals surface area contributed by atoms with Gasteiger partial charge in [-0.15, -0.1) is 0 Å². The number of nitrogens with two attached hydrogens (primary N) is 1. The van der Waals surface area contributed by atoms with Crippen LogP contribution in [0.25, 0.3) is 11.4 Å². The lowest BCUT2D eigenvalue weighted by molar-refractivity contribution is 0.672. The molecule has 5 nitrogen and oxygen atoms in total. The van der Waals surface area contributed by atoms with Crippen LogP contribution in [0, 0.1) is 0 Å². The van der Waals surface area contributed by atoms with Crippen molar-refractivity contribution in [3.8, 4) is 11.4 Å². The summed E-state index contributed by atoms with van der Waals surface area (Å²) in [5.41, 5.74) is 8.30. The topological polar surface area (TPSA) is 69.6 Å². The summed E-state index contributed by atoms with van der Waals surface area (Å²) in [6, 6.07) is 13.3. The maximum absolute atomic E-state index is 5.66. The van der Waals surface area contributed by atoms with E-state index in [0.29, 0.717) is 12.4 Å². The zero-order valence-corrected chi connectivity index (χ0v) is 10.3. The molecule has 19 heavy (non-hydrogen) atoms. The second kappa shape index (κ2) is 4.89. The Morgan fingerprint density at radius 1 is 1.00 bits per heavy atom. The van der Waals surface area contributed by atoms with Crippen molar-refractivity contribution in [2.45, 2.75) is 6.54 Å². The Morgan fingerprint density at radius 3 is 2.58 bits per heavy atom. The first-order valence-corrected chi connectivity index (χ1v) is 5.96. The lowest BCUT2D eigenvalue weighted by Gasteiger charge is -1.99. The van der Waals surface area contributed by atoms with E-state index in [2.05, 4.69) is 15.1 Å². The normalized spacial score (nSPS) is 10.5. The Hall–Kier alpha value is -2.69. The van der Waals surface area contributed by atoms with Crippen molar-refractivity contribution in [1.82, 2.24) is 19.7 Å². The lowest BCUT2D eigenvalue weighted by atomic mass is 10.2. The van der Waals surface area contributed by atoms with Gasteiger partial charge in [0.2, 0.25) is 0 Å². The highest BCUT2D eigenvalue weighted by atomic mass is 15.3. The minimum Gasteiger partial charge on any atom is -0.399 e. The van der Waals surface area contributed by atoms with E-state index in [0.717, 1.165) is 16.9 Å². The van der Waals surface area contributed by atoms with E-state index in [1.165, 1.54) is 0 Å². The van der Waals surface area contributed by atoms with Crippen LogP contribution in [-0.2, 0) is 6.54 Å². The van der Waals surface area contributed by atoms with Crippen molar-refractivity contribution in [2.75, 3.05) is 5.73 Å². The number of pyridine rings is 1. The molecule has 2 aromatic heterocycles. The van der Waals surface area contributed by atoms with Crippen molar-refractivity contribution in [2.24, 2.45) is 0 Å². The van der Waals surface area contributed by atoms with Gasteiger partial charge in [-0.3, -0.25) is 4.98 Å². The third kappa shape index (κ3) is 2.60. The number of hydrogen-bond acceptors (Lipinski definition) is 4. The maximum Gasteiger partial charge on any atom is 0.181 e. The summed E-state index contributed by atoms with van der Waals surface area (Å²) in [6.45, 7) is 0.614. The van der Waals surface area contributed by atoms with E-state index in [1.807, 2.05) is 42.5 Å². The number of benzene rings is 1. The molecule has 0 aliphatic carbocycles. The molecule has 1 aromatic carbocycles. The average molecular weight is 251 g/mol. The van der Waals surface area contributed by atoms with Gasteiger partial charge in [0.05, 0.1) is 12.2 Å². The number of nitrogen functional groups attached to an aromatic ring is 1. The molecule has 0 saturated heterocycles. The second-order valence-electron chi connectivity index (χ2n) is 4.21. The fourth-order valence-corrected chi connectivity index (χ4v) is 1.79. The van der Waals surface area contributed by atoms with E-state index in [9.17, 15) is 0 Å². The quantitative estimate of drug-likeness (QED) is 0.722. The molecule has 0 aliphatic rings. The molecule has 0 fully saturated rings. The molecule has 0 unspecified atom stereocenters. The van der Waals surface area contributed by atoms with Gasteiger partial charge in [0.15, 0.2) is 5.82 Å². The Labute approximate surface area is 110 Å². The fraction of sp³-hybridized carbons (Fsp3) is 0.0714. The summed E-state index contributed by atoms with van der Waals surface area (Å²) in [7, 11) is 0. The first kappa shape index (κ1) is 11.4. The molecule has 0 aliphatic heterocycles.